The third kappa shape index (κ3) is 1.39. The van der Waals surface area contributed by atoms with Crippen LogP contribution >= 0.6 is 11.6 Å². The van der Waals surface area contributed by atoms with Gasteiger partial charge in [0.15, 0.2) is 0 Å². The van der Waals surface area contributed by atoms with E-state index >= 15 is 0 Å². The van der Waals surface area contributed by atoms with E-state index in [1.807, 2.05) is 0 Å². The summed E-state index contributed by atoms with van der Waals surface area (Å²) < 4.78 is 5.06. The first-order valence-electron chi connectivity index (χ1n) is 5.27. The Morgan fingerprint density at radius 3 is 2.64 bits per heavy atom. The normalized spacial score (nSPS) is 49.9. The smallest absolute Gasteiger partial charge is 0.104 e. The quantitative estimate of drug-likeness (QED) is 0.719. The van der Waals surface area contributed by atoms with E-state index < -0.39 is 5.60 Å². The highest BCUT2D eigenvalue weighted by Crippen LogP contribution is 2.67. The Morgan fingerprint density at radius 2 is 2.07 bits per heavy atom. The Balaban J connectivity index is 2.09. The third-order valence-corrected chi connectivity index (χ3v) is 4.88. The Hall–Kier alpha value is 0.210. The van der Waals surface area contributed by atoms with Crippen LogP contribution in [0, 0.1) is 17.3 Å². The van der Waals surface area contributed by atoms with Crippen molar-refractivity contribution in [3.05, 3.63) is 0 Å². The van der Waals surface area contributed by atoms with Gasteiger partial charge in [-0.25, -0.2) is 0 Å². The predicted octanol–water partition coefficient (Wildman–Crippen LogP) is 2.04. The van der Waals surface area contributed by atoms with Gasteiger partial charge in [-0.15, -0.1) is 11.6 Å². The van der Waals surface area contributed by atoms with Gasteiger partial charge in [0.05, 0.1) is 12.0 Å². The summed E-state index contributed by atoms with van der Waals surface area (Å²) in [6, 6.07) is 0. The van der Waals surface area contributed by atoms with Gasteiger partial charge >= 0.3 is 0 Å². The Morgan fingerprint density at radius 1 is 1.43 bits per heavy atom. The molecule has 0 aromatic heterocycles. The summed E-state index contributed by atoms with van der Waals surface area (Å²) in [5, 5.41) is 10.2. The van der Waals surface area contributed by atoms with Crippen molar-refractivity contribution in [2.75, 3.05) is 13.7 Å². The number of halogens is 1. The summed E-state index contributed by atoms with van der Waals surface area (Å²) in [6.07, 6.45) is 1.73. The number of aliphatic hydroxyl groups is 1. The molecule has 2 aliphatic carbocycles. The summed E-state index contributed by atoms with van der Waals surface area (Å²) in [4.78, 5) is 0. The lowest BCUT2D eigenvalue weighted by Gasteiger charge is -2.35. The third-order valence-electron chi connectivity index (χ3n) is 4.30. The van der Waals surface area contributed by atoms with Gasteiger partial charge in [0.2, 0.25) is 0 Å². The lowest BCUT2D eigenvalue weighted by atomic mass is 9.85. The number of ether oxygens (including phenoxy) is 1. The van der Waals surface area contributed by atoms with Crippen LogP contribution in [0.15, 0.2) is 0 Å². The first kappa shape index (κ1) is 10.7. The number of rotatable bonds is 2. The second kappa shape index (κ2) is 3.10. The number of hydrogen-bond acceptors (Lipinski definition) is 2. The highest BCUT2D eigenvalue weighted by molar-refractivity contribution is 6.21. The van der Waals surface area contributed by atoms with Gasteiger partial charge in [-0.3, -0.25) is 0 Å². The molecule has 2 nitrogen and oxygen atoms in total. The minimum atomic E-state index is -0.800. The van der Waals surface area contributed by atoms with Crippen LogP contribution in [0.5, 0.6) is 0 Å². The molecule has 3 heteroatoms. The first-order chi connectivity index (χ1) is 6.42. The molecular formula is C11H19ClO2. The highest BCUT2D eigenvalue weighted by atomic mass is 35.5. The van der Waals surface area contributed by atoms with E-state index in [-0.39, 0.29) is 5.38 Å². The Kier molecular flexibility index (Phi) is 2.37. The molecule has 2 aliphatic rings. The molecule has 14 heavy (non-hydrogen) atoms. The van der Waals surface area contributed by atoms with Crippen molar-refractivity contribution in [3.8, 4) is 0 Å². The minimum Gasteiger partial charge on any atom is -0.386 e. The zero-order chi connectivity index (χ0) is 10.6. The Labute approximate surface area is 90.6 Å². The van der Waals surface area contributed by atoms with Crippen molar-refractivity contribution in [1.82, 2.24) is 0 Å². The van der Waals surface area contributed by atoms with Gasteiger partial charge in [0, 0.05) is 7.11 Å². The van der Waals surface area contributed by atoms with Gasteiger partial charge in [-0.05, 0) is 30.1 Å². The van der Waals surface area contributed by atoms with E-state index in [9.17, 15) is 5.11 Å². The van der Waals surface area contributed by atoms with Crippen molar-refractivity contribution in [3.63, 3.8) is 0 Å². The molecule has 2 rings (SSSR count). The van der Waals surface area contributed by atoms with Crippen molar-refractivity contribution in [2.24, 2.45) is 17.3 Å². The van der Waals surface area contributed by atoms with Crippen molar-refractivity contribution in [1.29, 1.82) is 0 Å². The molecule has 2 saturated carbocycles. The fraction of sp³-hybridized carbons (Fsp3) is 1.00. The van der Waals surface area contributed by atoms with Gasteiger partial charge in [-0.2, -0.15) is 0 Å². The molecule has 82 valence electrons. The monoisotopic (exact) mass is 218 g/mol. The standard InChI is InChI=1S/C11H19ClO2/c1-10(2)7-4-9(12)11(13,6-14-3)5-8(7)10/h7-9,13H,4-6H2,1-3H3/t7-,8+,9-,11-/m1/s1. The largest absolute Gasteiger partial charge is 0.386 e. The van der Waals surface area contributed by atoms with Crippen molar-refractivity contribution < 1.29 is 9.84 Å². The zero-order valence-corrected chi connectivity index (χ0v) is 9.84. The van der Waals surface area contributed by atoms with Crippen molar-refractivity contribution >= 4 is 11.6 Å². The molecule has 0 bridgehead atoms. The maximum atomic E-state index is 10.3. The molecule has 0 aromatic carbocycles. The van der Waals surface area contributed by atoms with Crippen LogP contribution in [-0.4, -0.2) is 29.8 Å². The van der Waals surface area contributed by atoms with E-state index in [0.29, 0.717) is 23.9 Å². The predicted molar refractivity (Wildman–Crippen MR) is 56.5 cm³/mol. The molecule has 0 aliphatic heterocycles. The Bertz CT molecular complexity index is 241. The number of fused-ring (bicyclic) bond motifs is 1. The summed E-state index contributed by atoms with van der Waals surface area (Å²) in [6.45, 7) is 4.90. The molecule has 1 N–H and O–H groups in total. The van der Waals surface area contributed by atoms with Crippen LogP contribution in [0.4, 0.5) is 0 Å². The SMILES string of the molecule is COC[C@]1(O)C[C@H]2[C@@H](C[C@H]1Cl)C2(C)C. The van der Waals surface area contributed by atoms with Gasteiger partial charge in [-0.1, -0.05) is 13.8 Å². The van der Waals surface area contributed by atoms with Crippen molar-refractivity contribution in [2.45, 2.75) is 37.7 Å². The van der Waals surface area contributed by atoms with Crippen LogP contribution in [0.25, 0.3) is 0 Å². The van der Waals surface area contributed by atoms with Gasteiger partial charge in [0.25, 0.3) is 0 Å². The average molecular weight is 219 g/mol. The van der Waals surface area contributed by atoms with E-state index in [1.54, 1.807) is 7.11 Å². The highest BCUT2D eigenvalue weighted by Gasteiger charge is 2.64. The lowest BCUT2D eigenvalue weighted by molar-refractivity contribution is -0.0554. The lowest BCUT2D eigenvalue weighted by Crippen LogP contribution is -2.46. The second-order valence-electron chi connectivity index (χ2n) is 5.48. The summed E-state index contributed by atoms with van der Waals surface area (Å²) >= 11 is 6.22. The van der Waals surface area contributed by atoms with Crippen LogP contribution in [0.1, 0.15) is 26.7 Å². The number of methoxy groups -OCH3 is 1. The summed E-state index contributed by atoms with van der Waals surface area (Å²) in [5.41, 5.74) is -0.420. The number of alkyl halides is 1. The van der Waals surface area contributed by atoms with Gasteiger partial charge < -0.3 is 9.84 Å². The maximum Gasteiger partial charge on any atom is 0.104 e. The van der Waals surface area contributed by atoms with Crippen LogP contribution in [-0.2, 0) is 4.74 Å². The minimum absolute atomic E-state index is 0.148. The second-order valence-corrected chi connectivity index (χ2v) is 6.01. The summed E-state index contributed by atoms with van der Waals surface area (Å²) in [5.74, 6) is 1.35. The van der Waals surface area contributed by atoms with E-state index in [2.05, 4.69) is 13.8 Å². The molecule has 0 amide bonds. The topological polar surface area (TPSA) is 29.5 Å². The molecule has 0 saturated heterocycles. The molecule has 0 spiro atoms. The maximum absolute atomic E-state index is 10.3. The molecule has 0 radical (unpaired) electrons. The van der Waals surface area contributed by atoms with Crippen LogP contribution < -0.4 is 0 Å². The molecular weight excluding hydrogens is 200 g/mol. The van der Waals surface area contributed by atoms with E-state index in [4.69, 9.17) is 16.3 Å². The molecule has 0 heterocycles. The van der Waals surface area contributed by atoms with Crippen LogP contribution in [0.3, 0.4) is 0 Å². The summed E-state index contributed by atoms with van der Waals surface area (Å²) in [7, 11) is 1.62. The zero-order valence-electron chi connectivity index (χ0n) is 9.09. The van der Waals surface area contributed by atoms with Gasteiger partial charge in [0.1, 0.15) is 5.60 Å². The molecule has 0 aromatic rings. The van der Waals surface area contributed by atoms with E-state index in [0.717, 1.165) is 12.8 Å². The fourth-order valence-corrected chi connectivity index (χ4v) is 3.43. The van der Waals surface area contributed by atoms with Crippen LogP contribution in [0.2, 0.25) is 0 Å². The molecule has 2 fully saturated rings. The first-order valence-corrected chi connectivity index (χ1v) is 5.71. The fourth-order valence-electron chi connectivity index (χ4n) is 3.08. The van der Waals surface area contributed by atoms with E-state index in [1.165, 1.54) is 0 Å². The molecule has 4 atom stereocenters. The number of hydrogen-bond donors (Lipinski definition) is 1. The average Bonchev–Trinajstić information content (AvgIpc) is 2.56. The molecule has 0 unspecified atom stereocenters.